The van der Waals surface area contributed by atoms with Crippen LogP contribution in [0.2, 0.25) is 0 Å². The van der Waals surface area contributed by atoms with Gasteiger partial charge in [-0.1, -0.05) is 13.3 Å². The van der Waals surface area contributed by atoms with Gasteiger partial charge >= 0.3 is 12.2 Å². The second-order valence-corrected chi connectivity index (χ2v) is 33.3. The zero-order valence-corrected chi connectivity index (χ0v) is 66.6. The topological polar surface area (TPSA) is 326 Å². The highest BCUT2D eigenvalue weighted by atomic mass is 35.5. The number of fused-ring (bicyclic) bond motifs is 3. The molecule has 10 amide bonds. The third-order valence-electron chi connectivity index (χ3n) is 23.3. The van der Waals surface area contributed by atoms with Crippen LogP contribution in [0.1, 0.15) is 207 Å². The number of ether oxygens (including phenoxy) is 2. The molecule has 7 saturated heterocycles. The van der Waals surface area contributed by atoms with Crippen molar-refractivity contribution < 1.29 is 76.6 Å². The molecule has 29 nitrogen and oxygen atoms in total. The van der Waals surface area contributed by atoms with Gasteiger partial charge in [-0.05, 0) is 172 Å². The molecule has 9 fully saturated rings. The molecule has 3 aromatic rings. The molecule has 15 rings (SSSR count). The van der Waals surface area contributed by atoms with Gasteiger partial charge in [-0.3, -0.25) is 82.5 Å². The summed E-state index contributed by atoms with van der Waals surface area (Å²) in [5, 5.41) is 8.80. The van der Waals surface area contributed by atoms with Crippen molar-refractivity contribution >= 4 is 112 Å². The van der Waals surface area contributed by atoms with Crippen molar-refractivity contribution in [1.29, 1.82) is 0 Å². The van der Waals surface area contributed by atoms with E-state index in [-0.39, 0.29) is 111 Å². The number of ketones is 4. The summed E-state index contributed by atoms with van der Waals surface area (Å²) >= 11 is 0. The monoisotopic (exact) mass is 1570 g/mol. The van der Waals surface area contributed by atoms with Crippen LogP contribution in [0.25, 0.3) is 0 Å². The first-order chi connectivity index (χ1) is 53.0. The number of amides is 10. The van der Waals surface area contributed by atoms with E-state index in [1.807, 2.05) is 65.8 Å². The zero-order valence-electron chi connectivity index (χ0n) is 65.8. The van der Waals surface area contributed by atoms with Gasteiger partial charge in [-0.25, -0.2) is 9.59 Å². The molecule has 0 radical (unpaired) electrons. The van der Waals surface area contributed by atoms with E-state index >= 15 is 0 Å². The van der Waals surface area contributed by atoms with Gasteiger partial charge in [0.25, 0.3) is 35.4 Å². The summed E-state index contributed by atoms with van der Waals surface area (Å²) in [6.45, 7) is 31.7. The highest BCUT2D eigenvalue weighted by Gasteiger charge is 2.48. The van der Waals surface area contributed by atoms with Crippen LogP contribution in [0.5, 0.6) is 0 Å². The van der Waals surface area contributed by atoms with Crippen molar-refractivity contribution in [3.8, 4) is 0 Å². The Hall–Kier alpha value is -9.03. The van der Waals surface area contributed by atoms with Crippen molar-refractivity contribution in [1.82, 2.24) is 50.2 Å². The summed E-state index contributed by atoms with van der Waals surface area (Å²) in [6.07, 6.45) is 8.06. The number of benzene rings is 3. The molecule has 10 heterocycles. The maximum Gasteiger partial charge on any atom is 0.410 e. The SMILES string of the molecule is CC(C)(C)OC(=O)N1CCN(CC2CCN(c3ccc4c(c3)C(=O)N(C3CCC(=O)CC3=O)C4=O)CC2)CC1.CC(C)(C)OC(=O)N1CCNCC1.CCC1CCN(c2ccc3c(c2)C(=O)N(C2CCC(=O)NC2=O)C3=O)CC1.Cl.O=C1CCC(N2C(=O)c3ccc(N4CCC(CN5CCNCC5)CC4)cc3C2=O)C(=O)C1. The molecule has 0 spiro atoms. The Morgan fingerprint density at radius 2 is 0.723 bits per heavy atom. The average Bonchev–Trinajstić information content (AvgIpc) is 1.62. The number of hydrogen-bond donors (Lipinski definition) is 3. The summed E-state index contributed by atoms with van der Waals surface area (Å²) in [7, 11) is 0. The molecule has 12 aliphatic rings. The van der Waals surface area contributed by atoms with E-state index in [1.165, 1.54) is 6.42 Å². The van der Waals surface area contributed by atoms with Gasteiger partial charge in [-0.15, -0.1) is 12.4 Å². The van der Waals surface area contributed by atoms with Crippen LogP contribution >= 0.6 is 12.4 Å². The summed E-state index contributed by atoms with van der Waals surface area (Å²) in [5.41, 5.74) is 4.01. The van der Waals surface area contributed by atoms with Crippen LogP contribution in [0.4, 0.5) is 26.7 Å². The summed E-state index contributed by atoms with van der Waals surface area (Å²) in [4.78, 5) is 191. The lowest BCUT2D eigenvalue weighted by Gasteiger charge is -2.39. The third-order valence-corrected chi connectivity index (χ3v) is 23.3. The fourth-order valence-corrected chi connectivity index (χ4v) is 17.0. The van der Waals surface area contributed by atoms with Gasteiger partial charge in [0.2, 0.25) is 11.8 Å². The largest absolute Gasteiger partial charge is 0.444 e. The van der Waals surface area contributed by atoms with E-state index in [0.717, 1.165) is 194 Å². The molecule has 606 valence electrons. The highest BCUT2D eigenvalue weighted by molar-refractivity contribution is 6.26. The van der Waals surface area contributed by atoms with Gasteiger partial charge in [0, 0.05) is 167 Å². The zero-order chi connectivity index (χ0) is 79.2. The minimum atomic E-state index is -0.918. The Balaban J connectivity index is 0.000000155. The molecule has 30 heteroatoms. The van der Waals surface area contributed by atoms with Gasteiger partial charge in [-0.2, -0.15) is 0 Å². The predicted octanol–water partition coefficient (Wildman–Crippen LogP) is 6.80. The molecular formula is C82H110ClN13O16. The number of nitrogens with one attached hydrogen (secondary N) is 3. The number of nitrogens with zero attached hydrogens (tertiary/aromatic N) is 10. The van der Waals surface area contributed by atoms with E-state index < -0.39 is 65.1 Å². The Kier molecular flexibility index (Phi) is 27.3. The first-order valence-corrected chi connectivity index (χ1v) is 40.0. The van der Waals surface area contributed by atoms with Gasteiger partial charge < -0.3 is 49.5 Å². The number of carbonyl (C=O) groups excluding carboxylic acids is 14. The number of piperazine rings is 3. The molecule has 3 unspecified atom stereocenters. The smallest absolute Gasteiger partial charge is 0.410 e. The molecule has 2 aliphatic carbocycles. The van der Waals surface area contributed by atoms with Crippen molar-refractivity contribution in [3.63, 3.8) is 0 Å². The van der Waals surface area contributed by atoms with E-state index in [0.29, 0.717) is 58.3 Å². The highest BCUT2D eigenvalue weighted by Crippen LogP contribution is 2.38. The van der Waals surface area contributed by atoms with Crippen LogP contribution in [0.15, 0.2) is 54.6 Å². The van der Waals surface area contributed by atoms with Crippen molar-refractivity contribution in [2.75, 3.05) is 146 Å². The third kappa shape index (κ3) is 19.9. The van der Waals surface area contributed by atoms with Crippen LogP contribution in [-0.2, 0) is 38.2 Å². The Morgan fingerprint density at radius 3 is 1.08 bits per heavy atom. The number of carbonyl (C=O) groups is 14. The van der Waals surface area contributed by atoms with Gasteiger partial charge in [0.1, 0.15) is 28.8 Å². The first kappa shape index (κ1) is 83.9. The minimum absolute atomic E-state index is 0. The lowest BCUT2D eigenvalue weighted by Crippen LogP contribution is -2.54. The molecule has 0 bridgehead atoms. The molecule has 3 N–H and O–H groups in total. The maximum absolute atomic E-state index is 13.2. The number of imide groups is 4. The summed E-state index contributed by atoms with van der Waals surface area (Å²) < 4.78 is 10.7. The number of rotatable bonds is 11. The molecule has 10 aliphatic heterocycles. The molecule has 0 aromatic heterocycles. The second-order valence-electron chi connectivity index (χ2n) is 33.3. The lowest BCUT2D eigenvalue weighted by atomic mass is 9.92. The van der Waals surface area contributed by atoms with Crippen LogP contribution in [-0.4, -0.2) is 277 Å². The van der Waals surface area contributed by atoms with E-state index in [4.69, 9.17) is 9.47 Å². The Bertz CT molecular complexity index is 4090. The first-order valence-electron chi connectivity index (χ1n) is 40.0. The van der Waals surface area contributed by atoms with Crippen LogP contribution < -0.4 is 30.7 Å². The quantitative estimate of drug-likeness (QED) is 0.131. The Labute approximate surface area is 661 Å². The maximum atomic E-state index is 13.2. The molecule has 112 heavy (non-hydrogen) atoms. The van der Waals surface area contributed by atoms with Gasteiger partial charge in [0.15, 0.2) is 11.6 Å². The van der Waals surface area contributed by atoms with Crippen LogP contribution in [0, 0.1) is 17.8 Å². The molecule has 3 atom stereocenters. The number of anilines is 3. The van der Waals surface area contributed by atoms with Crippen LogP contribution in [0.3, 0.4) is 0 Å². The van der Waals surface area contributed by atoms with Crippen molar-refractivity contribution in [3.05, 3.63) is 88.0 Å². The van der Waals surface area contributed by atoms with E-state index in [2.05, 4.69) is 47.4 Å². The number of halogens is 1. The van der Waals surface area contributed by atoms with E-state index in [1.54, 1.807) is 40.1 Å². The predicted molar refractivity (Wildman–Crippen MR) is 419 cm³/mol. The molecular weight excluding hydrogens is 1460 g/mol. The molecule has 3 aromatic carbocycles. The average molecular weight is 1570 g/mol. The number of Topliss-reactive ketones (excluding diaryl/α,β-unsaturated/α-hetero) is 4. The fraction of sp³-hybridized carbons (Fsp3) is 0.610. The lowest BCUT2D eigenvalue weighted by molar-refractivity contribution is -0.137. The summed E-state index contributed by atoms with van der Waals surface area (Å²) in [6, 6.07) is 13.6. The standard InChI is InChI=1S/C29H38N4O6.C24H30N4O4.C20H23N3O4.C9H18N2O2.ClH/c1-29(2,3)39-28(38)32-14-12-30(13-15-32)18-19-8-10-31(11-9-19)20-4-6-22-23(16-20)27(37)33(26(22)36)24-7-5-21(34)17-25(24)35;29-18-2-4-21(22(30)14-18)28-23(31)19-3-1-17(13-20(19)24(28)32)27-9-5-16(6-10-27)15-26-11-7-25-8-12-26;1-2-12-7-9-22(10-8-12)13-3-4-14-15(11-13)20(27)23(19(14)26)16-5-6-17(24)21-18(16)25;1-9(2,3)13-8(12)11-6-4-10-5-7-11;/h4,6,16,19,24H,5,7-15,17-18H2,1-3H3;1,3,13,16,21,25H,2,4-12,14-15H2;3-4,11-12,16H,2,5-10H2,1H3,(H,21,24,25);10H,4-7H2,1-3H3;1H. The van der Waals surface area contributed by atoms with E-state index in [9.17, 15) is 67.1 Å². The summed E-state index contributed by atoms with van der Waals surface area (Å²) in [5.74, 6) is -2.51. The fourth-order valence-electron chi connectivity index (χ4n) is 17.0. The normalized spacial score (nSPS) is 23.3. The number of piperidine rings is 4. The van der Waals surface area contributed by atoms with Gasteiger partial charge in [0.05, 0.1) is 58.3 Å². The minimum Gasteiger partial charge on any atom is -0.444 e. The van der Waals surface area contributed by atoms with Crippen molar-refractivity contribution in [2.24, 2.45) is 17.8 Å². The molecule has 2 saturated carbocycles. The van der Waals surface area contributed by atoms with Crippen molar-refractivity contribution in [2.45, 2.75) is 174 Å². The Morgan fingerprint density at radius 1 is 0.393 bits per heavy atom. The second kappa shape index (κ2) is 36.4. The number of hydrogen-bond acceptors (Lipinski definition) is 23.